The Kier molecular flexibility index (Phi) is 5.29. The first-order chi connectivity index (χ1) is 8.35. The fourth-order valence-electron chi connectivity index (χ4n) is 1.97. The molecule has 1 rings (SSSR count). The number of Topliss-reactive ketones (excluding diaryl/α,β-unsaturated/α-hetero) is 1. The van der Waals surface area contributed by atoms with Gasteiger partial charge in [0.05, 0.1) is 6.10 Å². The second-order valence-electron chi connectivity index (χ2n) is 5.67. The standard InChI is InChI=1S/C15H24O2Si/c1-6-14(16)12(2)15(17-18(3,4)5)13-10-8-7-9-11-13/h7-12,15H,6H2,1-5H3. The van der Waals surface area contributed by atoms with Crippen molar-refractivity contribution >= 4 is 14.1 Å². The number of rotatable bonds is 6. The number of carbonyl (C=O) groups excluding carboxylic acids is 1. The summed E-state index contributed by atoms with van der Waals surface area (Å²) in [5, 5.41) is 0. The van der Waals surface area contributed by atoms with Gasteiger partial charge in [-0.1, -0.05) is 44.2 Å². The third-order valence-corrected chi connectivity index (χ3v) is 3.88. The van der Waals surface area contributed by atoms with Gasteiger partial charge in [0.15, 0.2) is 8.32 Å². The highest BCUT2D eigenvalue weighted by molar-refractivity contribution is 6.69. The van der Waals surface area contributed by atoms with E-state index in [-0.39, 0.29) is 17.8 Å². The van der Waals surface area contributed by atoms with E-state index in [0.717, 1.165) is 5.56 Å². The van der Waals surface area contributed by atoms with Crippen molar-refractivity contribution in [2.75, 3.05) is 0 Å². The number of benzene rings is 1. The molecular weight excluding hydrogens is 240 g/mol. The van der Waals surface area contributed by atoms with Crippen LogP contribution in [0.2, 0.25) is 19.6 Å². The van der Waals surface area contributed by atoms with Crippen LogP contribution in [-0.4, -0.2) is 14.1 Å². The van der Waals surface area contributed by atoms with Crippen LogP contribution in [0.15, 0.2) is 30.3 Å². The molecule has 1 aromatic rings. The SMILES string of the molecule is CCC(=O)C(C)C(O[Si](C)(C)C)c1ccccc1. The van der Waals surface area contributed by atoms with Crippen molar-refractivity contribution in [1.82, 2.24) is 0 Å². The number of hydrogen-bond acceptors (Lipinski definition) is 2. The zero-order chi connectivity index (χ0) is 13.8. The van der Waals surface area contributed by atoms with E-state index < -0.39 is 8.32 Å². The average molecular weight is 264 g/mol. The minimum absolute atomic E-state index is 0.0795. The summed E-state index contributed by atoms with van der Waals surface area (Å²) in [6.07, 6.45) is 0.463. The maximum absolute atomic E-state index is 11.9. The van der Waals surface area contributed by atoms with Gasteiger partial charge < -0.3 is 4.43 Å². The fourth-order valence-corrected chi connectivity index (χ4v) is 3.08. The van der Waals surface area contributed by atoms with Gasteiger partial charge in [0.2, 0.25) is 0 Å². The van der Waals surface area contributed by atoms with Crippen LogP contribution < -0.4 is 0 Å². The van der Waals surface area contributed by atoms with Crippen LogP contribution >= 0.6 is 0 Å². The van der Waals surface area contributed by atoms with E-state index in [0.29, 0.717) is 6.42 Å². The highest BCUT2D eigenvalue weighted by Gasteiger charge is 2.29. The molecule has 0 fully saturated rings. The second-order valence-corrected chi connectivity index (χ2v) is 10.1. The summed E-state index contributed by atoms with van der Waals surface area (Å²) in [6.45, 7) is 10.4. The number of hydrogen-bond donors (Lipinski definition) is 0. The normalized spacial score (nSPS) is 15.2. The molecule has 2 nitrogen and oxygen atoms in total. The van der Waals surface area contributed by atoms with Crippen molar-refractivity contribution in [3.05, 3.63) is 35.9 Å². The molecule has 0 amide bonds. The summed E-state index contributed by atoms with van der Waals surface area (Å²) < 4.78 is 6.23. The molecule has 0 spiro atoms. The molecule has 0 aliphatic carbocycles. The van der Waals surface area contributed by atoms with Gasteiger partial charge in [0, 0.05) is 12.3 Å². The molecule has 18 heavy (non-hydrogen) atoms. The van der Waals surface area contributed by atoms with E-state index in [4.69, 9.17) is 4.43 Å². The molecule has 0 radical (unpaired) electrons. The zero-order valence-corrected chi connectivity index (χ0v) is 13.1. The lowest BCUT2D eigenvalue weighted by Crippen LogP contribution is -2.33. The monoisotopic (exact) mass is 264 g/mol. The Labute approximate surface area is 111 Å². The van der Waals surface area contributed by atoms with Crippen LogP contribution in [0.3, 0.4) is 0 Å². The highest BCUT2D eigenvalue weighted by Crippen LogP contribution is 2.30. The van der Waals surface area contributed by atoms with Gasteiger partial charge in [-0.05, 0) is 25.2 Å². The van der Waals surface area contributed by atoms with Crippen molar-refractivity contribution in [2.45, 2.75) is 46.0 Å². The second kappa shape index (κ2) is 6.30. The van der Waals surface area contributed by atoms with E-state index in [1.54, 1.807) is 0 Å². The minimum Gasteiger partial charge on any atom is -0.410 e. The first kappa shape index (κ1) is 15.1. The van der Waals surface area contributed by atoms with Crippen LogP contribution in [0.25, 0.3) is 0 Å². The maximum Gasteiger partial charge on any atom is 0.184 e. The minimum atomic E-state index is -1.68. The third-order valence-electron chi connectivity index (χ3n) is 2.92. The summed E-state index contributed by atoms with van der Waals surface area (Å²) in [5.74, 6) is 0.186. The van der Waals surface area contributed by atoms with Gasteiger partial charge >= 0.3 is 0 Å². The predicted octanol–water partition coefficient (Wildman–Crippen LogP) is 4.19. The molecule has 0 heterocycles. The Hall–Kier alpha value is -0.933. The highest BCUT2D eigenvalue weighted by atomic mass is 28.4. The van der Waals surface area contributed by atoms with Crippen LogP contribution in [0.4, 0.5) is 0 Å². The smallest absolute Gasteiger partial charge is 0.184 e. The number of ketones is 1. The Morgan fingerprint density at radius 3 is 2.22 bits per heavy atom. The Morgan fingerprint density at radius 1 is 1.22 bits per heavy atom. The lowest BCUT2D eigenvalue weighted by Gasteiger charge is -2.30. The summed E-state index contributed by atoms with van der Waals surface area (Å²) in [4.78, 5) is 11.9. The van der Waals surface area contributed by atoms with E-state index >= 15 is 0 Å². The fraction of sp³-hybridized carbons (Fsp3) is 0.533. The van der Waals surface area contributed by atoms with Crippen LogP contribution in [0.5, 0.6) is 0 Å². The van der Waals surface area contributed by atoms with Gasteiger partial charge in [-0.2, -0.15) is 0 Å². The molecule has 0 aliphatic heterocycles. The van der Waals surface area contributed by atoms with Crippen molar-refractivity contribution in [3.8, 4) is 0 Å². The molecule has 2 unspecified atom stereocenters. The van der Waals surface area contributed by atoms with Gasteiger partial charge in [0.1, 0.15) is 5.78 Å². The molecule has 0 N–H and O–H groups in total. The molecule has 1 aromatic carbocycles. The van der Waals surface area contributed by atoms with Gasteiger partial charge in [0.25, 0.3) is 0 Å². The third kappa shape index (κ3) is 4.39. The largest absolute Gasteiger partial charge is 0.410 e. The molecule has 0 aliphatic rings. The Balaban J connectivity index is 2.99. The van der Waals surface area contributed by atoms with Gasteiger partial charge in [-0.25, -0.2) is 0 Å². The average Bonchev–Trinajstić information content (AvgIpc) is 2.34. The topological polar surface area (TPSA) is 26.3 Å². The van der Waals surface area contributed by atoms with E-state index in [9.17, 15) is 4.79 Å². The molecule has 0 saturated heterocycles. The summed E-state index contributed by atoms with van der Waals surface area (Å²) in [6, 6.07) is 10.1. The predicted molar refractivity (Wildman–Crippen MR) is 78.1 cm³/mol. The molecular formula is C15H24O2Si. The lowest BCUT2D eigenvalue weighted by molar-refractivity contribution is -0.125. The Bertz CT molecular complexity index is 381. The van der Waals surface area contributed by atoms with Gasteiger partial charge in [-0.15, -0.1) is 0 Å². The summed E-state index contributed by atoms with van der Waals surface area (Å²) >= 11 is 0. The quantitative estimate of drug-likeness (QED) is 0.720. The van der Waals surface area contributed by atoms with E-state index in [1.165, 1.54) is 0 Å². The first-order valence-electron chi connectivity index (χ1n) is 6.60. The molecule has 0 bridgehead atoms. The summed E-state index contributed by atoms with van der Waals surface area (Å²) in [5.41, 5.74) is 1.11. The van der Waals surface area contributed by atoms with Crippen LogP contribution in [0.1, 0.15) is 31.9 Å². The molecule has 2 atom stereocenters. The molecule has 100 valence electrons. The van der Waals surface area contributed by atoms with E-state index in [2.05, 4.69) is 19.6 Å². The molecule has 3 heteroatoms. The number of carbonyl (C=O) groups is 1. The van der Waals surface area contributed by atoms with Gasteiger partial charge in [-0.3, -0.25) is 4.79 Å². The Morgan fingerprint density at radius 2 is 1.78 bits per heavy atom. The van der Waals surface area contributed by atoms with Crippen molar-refractivity contribution in [1.29, 1.82) is 0 Å². The lowest BCUT2D eigenvalue weighted by atomic mass is 9.93. The zero-order valence-electron chi connectivity index (χ0n) is 12.1. The van der Waals surface area contributed by atoms with E-state index in [1.807, 2.05) is 44.2 Å². The summed E-state index contributed by atoms with van der Waals surface area (Å²) in [7, 11) is -1.68. The first-order valence-corrected chi connectivity index (χ1v) is 10.0. The maximum atomic E-state index is 11.9. The van der Waals surface area contributed by atoms with Crippen molar-refractivity contribution < 1.29 is 9.22 Å². The van der Waals surface area contributed by atoms with Crippen molar-refractivity contribution in [3.63, 3.8) is 0 Å². The molecule has 0 aromatic heterocycles. The van der Waals surface area contributed by atoms with Crippen molar-refractivity contribution in [2.24, 2.45) is 5.92 Å². The molecule has 0 saturated carbocycles. The van der Waals surface area contributed by atoms with Crippen LogP contribution in [0, 0.1) is 5.92 Å². The van der Waals surface area contributed by atoms with Crippen LogP contribution in [-0.2, 0) is 9.22 Å².